The van der Waals surface area contributed by atoms with Gasteiger partial charge in [-0.2, -0.15) is 11.8 Å². The Morgan fingerprint density at radius 3 is 2.48 bits per heavy atom. The van der Waals surface area contributed by atoms with E-state index in [-0.39, 0.29) is 24.0 Å². The molecular weight excluding hydrogens is 397 g/mol. The van der Waals surface area contributed by atoms with E-state index in [0.29, 0.717) is 5.25 Å². The van der Waals surface area contributed by atoms with Gasteiger partial charge in [0.05, 0.1) is 7.11 Å². The summed E-state index contributed by atoms with van der Waals surface area (Å²) in [5, 5.41) is 3.96. The van der Waals surface area contributed by atoms with Crippen molar-refractivity contribution in [3.8, 4) is 5.75 Å². The van der Waals surface area contributed by atoms with Crippen molar-refractivity contribution < 1.29 is 4.74 Å². The van der Waals surface area contributed by atoms with E-state index in [1.807, 2.05) is 38.0 Å². The molecule has 4 nitrogen and oxygen atoms in total. The Bertz CT molecular complexity index is 425. The van der Waals surface area contributed by atoms with Gasteiger partial charge in [0.2, 0.25) is 0 Å². The van der Waals surface area contributed by atoms with E-state index in [4.69, 9.17) is 4.74 Å². The van der Waals surface area contributed by atoms with E-state index in [1.165, 1.54) is 5.56 Å². The van der Waals surface area contributed by atoms with Crippen LogP contribution in [0, 0.1) is 0 Å². The van der Waals surface area contributed by atoms with Crippen LogP contribution in [0.5, 0.6) is 5.75 Å². The minimum atomic E-state index is 0. The van der Waals surface area contributed by atoms with Gasteiger partial charge in [-0.25, -0.2) is 0 Å². The van der Waals surface area contributed by atoms with Crippen molar-refractivity contribution in [1.29, 1.82) is 0 Å². The molecule has 0 saturated carbocycles. The number of benzene rings is 1. The summed E-state index contributed by atoms with van der Waals surface area (Å²) in [6.07, 6.45) is 2.12. The molecule has 1 unspecified atom stereocenters. The van der Waals surface area contributed by atoms with Crippen LogP contribution in [0.25, 0.3) is 0 Å². The number of hydrogen-bond donors (Lipinski definition) is 1. The molecule has 1 N–H and O–H groups in total. The smallest absolute Gasteiger partial charge is 0.193 e. The summed E-state index contributed by atoms with van der Waals surface area (Å²) in [7, 11) is 5.54. The second-order valence-corrected chi connectivity index (χ2v) is 5.95. The maximum atomic E-state index is 5.17. The molecule has 0 aromatic heterocycles. The fourth-order valence-corrected chi connectivity index (χ4v) is 2.03. The average molecular weight is 423 g/mol. The molecule has 0 aliphatic heterocycles. The number of nitrogens with zero attached hydrogens (tertiary/aromatic N) is 2. The van der Waals surface area contributed by atoms with Crippen LogP contribution < -0.4 is 10.1 Å². The van der Waals surface area contributed by atoms with Crippen molar-refractivity contribution >= 4 is 41.7 Å². The first kappa shape index (κ1) is 20.4. The molecule has 1 rings (SSSR count). The molecule has 6 heteroatoms. The predicted octanol–water partition coefficient (Wildman–Crippen LogP) is 3.07. The van der Waals surface area contributed by atoms with Crippen molar-refractivity contribution in [3.05, 3.63) is 29.8 Å². The molecule has 0 fully saturated rings. The number of hydrogen-bond acceptors (Lipinski definition) is 3. The fourth-order valence-electron chi connectivity index (χ4n) is 1.78. The topological polar surface area (TPSA) is 36.9 Å². The quantitative estimate of drug-likeness (QED) is 0.434. The third-order valence-electron chi connectivity index (χ3n) is 3.10. The maximum Gasteiger partial charge on any atom is 0.193 e. The SMILES string of the molecule is CN=C(NCC(C)SC)N(C)Cc1ccc(OC)cc1.I. The number of halogens is 1. The monoisotopic (exact) mass is 423 g/mol. The van der Waals surface area contributed by atoms with Crippen molar-refractivity contribution in [2.45, 2.75) is 18.7 Å². The van der Waals surface area contributed by atoms with E-state index < -0.39 is 0 Å². The molecule has 120 valence electrons. The van der Waals surface area contributed by atoms with Gasteiger partial charge >= 0.3 is 0 Å². The molecule has 0 radical (unpaired) electrons. The van der Waals surface area contributed by atoms with Gasteiger partial charge in [-0.15, -0.1) is 24.0 Å². The highest BCUT2D eigenvalue weighted by atomic mass is 127. The number of rotatable bonds is 6. The Balaban J connectivity index is 0.00000400. The molecular formula is C15H26IN3OS. The fraction of sp³-hybridized carbons (Fsp3) is 0.533. The first-order valence-corrected chi connectivity index (χ1v) is 7.97. The molecule has 21 heavy (non-hydrogen) atoms. The van der Waals surface area contributed by atoms with Gasteiger partial charge < -0.3 is 15.0 Å². The molecule has 1 aromatic rings. The number of ether oxygens (including phenoxy) is 1. The van der Waals surface area contributed by atoms with E-state index >= 15 is 0 Å². The van der Waals surface area contributed by atoms with E-state index in [2.05, 4.69) is 40.5 Å². The number of thioether (sulfide) groups is 1. The molecule has 0 amide bonds. The first-order chi connectivity index (χ1) is 9.60. The van der Waals surface area contributed by atoms with Gasteiger partial charge in [0.25, 0.3) is 0 Å². The summed E-state index contributed by atoms with van der Waals surface area (Å²) in [4.78, 5) is 6.44. The van der Waals surface area contributed by atoms with Crippen LogP contribution in [0.2, 0.25) is 0 Å². The molecule has 0 heterocycles. The van der Waals surface area contributed by atoms with Gasteiger partial charge in [-0.1, -0.05) is 19.1 Å². The van der Waals surface area contributed by atoms with E-state index in [9.17, 15) is 0 Å². The zero-order valence-electron chi connectivity index (χ0n) is 13.4. The lowest BCUT2D eigenvalue weighted by Gasteiger charge is -2.23. The summed E-state index contributed by atoms with van der Waals surface area (Å²) in [5.41, 5.74) is 1.23. The van der Waals surface area contributed by atoms with E-state index in [0.717, 1.165) is 24.8 Å². The summed E-state index contributed by atoms with van der Waals surface area (Å²) < 4.78 is 5.17. The highest BCUT2D eigenvalue weighted by Gasteiger charge is 2.08. The van der Waals surface area contributed by atoms with Crippen molar-refractivity contribution in [2.75, 3.05) is 34.0 Å². The second-order valence-electron chi connectivity index (χ2n) is 4.68. The van der Waals surface area contributed by atoms with Crippen LogP contribution in [0.1, 0.15) is 12.5 Å². The largest absolute Gasteiger partial charge is 0.497 e. The van der Waals surface area contributed by atoms with Gasteiger partial charge in [0.15, 0.2) is 5.96 Å². The Morgan fingerprint density at radius 2 is 2.00 bits per heavy atom. The predicted molar refractivity (Wildman–Crippen MR) is 104 cm³/mol. The Labute approximate surface area is 149 Å². The van der Waals surface area contributed by atoms with Crippen LogP contribution in [0.3, 0.4) is 0 Å². The summed E-state index contributed by atoms with van der Waals surface area (Å²) in [6.45, 7) is 3.94. The molecule has 0 spiro atoms. The molecule has 0 saturated heterocycles. The molecule has 0 bridgehead atoms. The van der Waals surface area contributed by atoms with Crippen LogP contribution in [0.15, 0.2) is 29.3 Å². The zero-order chi connectivity index (χ0) is 15.0. The minimum Gasteiger partial charge on any atom is -0.497 e. The standard InChI is InChI=1S/C15H25N3OS.HI/c1-12(20-5)10-17-15(16-2)18(3)11-13-6-8-14(19-4)9-7-13;/h6-9,12H,10-11H2,1-5H3,(H,16,17);1H. The lowest BCUT2D eigenvalue weighted by molar-refractivity contribution is 0.414. The molecule has 0 aliphatic carbocycles. The van der Waals surface area contributed by atoms with Crippen molar-refractivity contribution in [1.82, 2.24) is 10.2 Å². The number of methoxy groups -OCH3 is 1. The Hall–Kier alpha value is -0.630. The van der Waals surface area contributed by atoms with Gasteiger partial charge in [-0.3, -0.25) is 4.99 Å². The molecule has 1 atom stereocenters. The normalized spacial score (nSPS) is 12.3. The second kappa shape index (κ2) is 11.0. The van der Waals surface area contributed by atoms with E-state index in [1.54, 1.807) is 7.11 Å². The molecule has 0 aliphatic rings. The minimum absolute atomic E-state index is 0. The number of aliphatic imine (C=N–C) groups is 1. The average Bonchev–Trinajstić information content (AvgIpc) is 2.48. The first-order valence-electron chi connectivity index (χ1n) is 6.68. The highest BCUT2D eigenvalue weighted by molar-refractivity contribution is 14.0. The highest BCUT2D eigenvalue weighted by Crippen LogP contribution is 2.12. The van der Waals surface area contributed by atoms with Gasteiger partial charge in [0.1, 0.15) is 5.75 Å². The van der Waals surface area contributed by atoms with Gasteiger partial charge in [0, 0.05) is 32.4 Å². The third kappa shape index (κ3) is 7.26. The van der Waals surface area contributed by atoms with Crippen LogP contribution >= 0.6 is 35.7 Å². The van der Waals surface area contributed by atoms with Crippen molar-refractivity contribution in [2.24, 2.45) is 4.99 Å². The van der Waals surface area contributed by atoms with Gasteiger partial charge in [-0.05, 0) is 24.0 Å². The number of guanidine groups is 1. The summed E-state index contributed by atoms with van der Waals surface area (Å²) in [6, 6.07) is 8.12. The summed E-state index contributed by atoms with van der Waals surface area (Å²) in [5.74, 6) is 1.80. The Morgan fingerprint density at radius 1 is 1.38 bits per heavy atom. The Kier molecular flexibility index (Phi) is 10.7. The van der Waals surface area contributed by atoms with Crippen LogP contribution in [-0.4, -0.2) is 50.1 Å². The molecule has 1 aromatic carbocycles. The lowest BCUT2D eigenvalue weighted by atomic mass is 10.2. The summed E-state index contributed by atoms with van der Waals surface area (Å²) >= 11 is 1.85. The lowest BCUT2D eigenvalue weighted by Crippen LogP contribution is -2.40. The van der Waals surface area contributed by atoms with Crippen molar-refractivity contribution in [3.63, 3.8) is 0 Å². The number of nitrogens with one attached hydrogen (secondary N) is 1. The van der Waals surface area contributed by atoms with Crippen LogP contribution in [0.4, 0.5) is 0 Å². The van der Waals surface area contributed by atoms with Crippen LogP contribution in [-0.2, 0) is 6.54 Å². The maximum absolute atomic E-state index is 5.17. The third-order valence-corrected chi connectivity index (χ3v) is 4.07. The zero-order valence-corrected chi connectivity index (χ0v) is 16.6.